The predicted molar refractivity (Wildman–Crippen MR) is 108 cm³/mol. The highest BCUT2D eigenvalue weighted by Crippen LogP contribution is 2.31. The molecule has 4 nitrogen and oxygen atoms in total. The van der Waals surface area contributed by atoms with Gasteiger partial charge in [0.1, 0.15) is 5.71 Å². The number of nitrogens with one attached hydrogen (secondary N) is 1. The quantitative estimate of drug-likeness (QED) is 0.533. The van der Waals surface area contributed by atoms with E-state index in [9.17, 15) is 4.79 Å². The van der Waals surface area contributed by atoms with E-state index in [0.29, 0.717) is 10.7 Å². The highest BCUT2D eigenvalue weighted by Gasteiger charge is 2.14. The van der Waals surface area contributed by atoms with Crippen LogP contribution in [0.25, 0.3) is 0 Å². The number of thioether (sulfide) groups is 1. The minimum absolute atomic E-state index is 0.212. The van der Waals surface area contributed by atoms with Gasteiger partial charge in [-0.15, -0.1) is 11.3 Å². The van der Waals surface area contributed by atoms with E-state index >= 15 is 0 Å². The van der Waals surface area contributed by atoms with E-state index in [2.05, 4.69) is 42.1 Å². The van der Waals surface area contributed by atoms with E-state index in [4.69, 9.17) is 11.6 Å². The molecule has 0 aliphatic heterocycles. The highest BCUT2D eigenvalue weighted by atomic mass is 35.5. The molecule has 0 saturated carbocycles. The number of methoxy groups -OCH3 is 1. The summed E-state index contributed by atoms with van der Waals surface area (Å²) in [5.74, 6) is 0.937. The lowest BCUT2D eigenvalue weighted by molar-refractivity contribution is 0.171. The maximum Gasteiger partial charge on any atom is 0.427 e. The average Bonchev–Trinajstić information content (AvgIpc) is 3.02. The Labute approximate surface area is 161 Å². The zero-order chi connectivity index (χ0) is 18.4. The molecule has 1 aromatic carbocycles. The van der Waals surface area contributed by atoms with Gasteiger partial charge in [-0.2, -0.15) is 16.9 Å². The molecule has 0 spiro atoms. The number of hydrogen-bond acceptors (Lipinski definition) is 5. The number of nitrogens with zero attached hydrogens (tertiary/aromatic N) is 1. The second-order valence-electron chi connectivity index (χ2n) is 6.24. The number of benzene rings is 1. The number of rotatable bonds is 5. The van der Waals surface area contributed by atoms with Crippen molar-refractivity contribution in [2.75, 3.05) is 7.11 Å². The van der Waals surface area contributed by atoms with Crippen molar-refractivity contribution < 1.29 is 9.53 Å². The van der Waals surface area contributed by atoms with Crippen LogP contribution in [-0.4, -0.2) is 23.7 Å². The molecule has 1 heterocycles. The monoisotopic (exact) mass is 396 g/mol. The Morgan fingerprint density at radius 1 is 1.24 bits per heavy atom. The number of carbonyl (C=O) groups is 1. The number of hydrazone groups is 1. The van der Waals surface area contributed by atoms with Gasteiger partial charge in [-0.3, -0.25) is 0 Å². The van der Waals surface area contributed by atoms with Gasteiger partial charge in [0.2, 0.25) is 0 Å². The van der Waals surface area contributed by atoms with Crippen molar-refractivity contribution in [3.8, 4) is 0 Å². The third-order valence-corrected chi connectivity index (χ3v) is 5.95. The number of thiophene rings is 1. The predicted octanol–water partition coefficient (Wildman–Crippen LogP) is 5.54. The van der Waals surface area contributed by atoms with E-state index in [0.717, 1.165) is 16.2 Å². The lowest BCUT2D eigenvalue weighted by Gasteiger charge is -2.16. The van der Waals surface area contributed by atoms with Crippen LogP contribution in [0.5, 0.6) is 0 Å². The summed E-state index contributed by atoms with van der Waals surface area (Å²) in [5, 5.41) is 4.89. The Balaban J connectivity index is 2.27. The molecule has 1 N–H and O–H groups in total. The van der Waals surface area contributed by atoms with E-state index in [1.807, 2.05) is 30.0 Å². The molecule has 0 bridgehead atoms. The Hall–Kier alpha value is -1.50. The molecular weight excluding hydrogens is 376 g/mol. The first kappa shape index (κ1) is 19.8. The molecule has 0 atom stereocenters. The van der Waals surface area contributed by atoms with E-state index in [1.54, 1.807) is 23.5 Å². The first-order valence-corrected chi connectivity index (χ1v) is 9.87. The van der Waals surface area contributed by atoms with Crippen LogP contribution >= 0.6 is 34.7 Å². The van der Waals surface area contributed by atoms with Gasteiger partial charge in [-0.1, -0.05) is 44.5 Å². The van der Waals surface area contributed by atoms with Crippen molar-refractivity contribution >= 4 is 46.5 Å². The van der Waals surface area contributed by atoms with Crippen molar-refractivity contribution in [1.82, 2.24) is 5.43 Å². The summed E-state index contributed by atoms with van der Waals surface area (Å²) in [6, 6.07) is 11.5. The molecule has 0 aliphatic rings. The third kappa shape index (κ3) is 6.38. The van der Waals surface area contributed by atoms with Gasteiger partial charge in [-0.25, -0.2) is 10.2 Å². The zero-order valence-corrected chi connectivity index (χ0v) is 17.0. The van der Waals surface area contributed by atoms with Crippen LogP contribution in [0.3, 0.4) is 0 Å². The molecule has 0 unspecified atom stereocenters. The topological polar surface area (TPSA) is 50.7 Å². The molecule has 1 aromatic heterocycles. The second kappa shape index (κ2) is 8.74. The SMILES string of the molecule is COC(=O)NN=C(c1ccc(Cl)cc1)c1ccc(CSC(C)(C)C)s1. The fourth-order valence-electron chi connectivity index (χ4n) is 1.89. The summed E-state index contributed by atoms with van der Waals surface area (Å²) in [6.45, 7) is 6.60. The lowest BCUT2D eigenvalue weighted by Crippen LogP contribution is -2.19. The molecule has 134 valence electrons. The third-order valence-electron chi connectivity index (χ3n) is 3.10. The smallest absolute Gasteiger partial charge is 0.427 e. The Morgan fingerprint density at radius 3 is 2.52 bits per heavy atom. The van der Waals surface area contributed by atoms with Gasteiger partial charge in [0, 0.05) is 26.0 Å². The Kier molecular flexibility index (Phi) is 6.93. The van der Waals surface area contributed by atoms with Gasteiger partial charge < -0.3 is 4.74 Å². The molecule has 0 saturated heterocycles. The molecule has 2 aromatic rings. The first-order chi connectivity index (χ1) is 11.8. The molecule has 0 radical (unpaired) electrons. The van der Waals surface area contributed by atoms with Gasteiger partial charge in [0.15, 0.2) is 0 Å². The molecule has 25 heavy (non-hydrogen) atoms. The van der Waals surface area contributed by atoms with Crippen LogP contribution in [0.2, 0.25) is 5.02 Å². The molecule has 7 heteroatoms. The van der Waals surface area contributed by atoms with Crippen LogP contribution in [0, 0.1) is 0 Å². The first-order valence-electron chi connectivity index (χ1n) is 7.69. The minimum atomic E-state index is -0.605. The zero-order valence-electron chi connectivity index (χ0n) is 14.6. The molecular formula is C18H21ClN2O2S2. The van der Waals surface area contributed by atoms with Crippen molar-refractivity contribution in [1.29, 1.82) is 0 Å². The van der Waals surface area contributed by atoms with Crippen molar-refractivity contribution in [2.24, 2.45) is 5.10 Å². The number of carbonyl (C=O) groups excluding carboxylic acids is 1. The maximum atomic E-state index is 11.4. The fraction of sp³-hybridized carbons (Fsp3) is 0.333. The van der Waals surface area contributed by atoms with E-state index < -0.39 is 6.09 Å². The van der Waals surface area contributed by atoms with Crippen molar-refractivity contribution in [3.63, 3.8) is 0 Å². The van der Waals surface area contributed by atoms with Crippen LogP contribution in [0.15, 0.2) is 41.5 Å². The van der Waals surface area contributed by atoms with Crippen LogP contribution < -0.4 is 5.43 Å². The van der Waals surface area contributed by atoms with E-state index in [1.165, 1.54) is 12.0 Å². The van der Waals surface area contributed by atoms with Crippen molar-refractivity contribution in [2.45, 2.75) is 31.3 Å². The van der Waals surface area contributed by atoms with Crippen LogP contribution in [0.4, 0.5) is 4.79 Å². The second-order valence-corrected chi connectivity index (χ2v) is 9.64. The number of halogens is 1. The van der Waals surface area contributed by atoms with Gasteiger partial charge >= 0.3 is 6.09 Å². The maximum absolute atomic E-state index is 11.4. The number of ether oxygens (including phenoxy) is 1. The largest absolute Gasteiger partial charge is 0.452 e. The standard InChI is InChI=1S/C18H21ClN2O2S2/c1-18(2,3)24-11-14-9-10-15(25-14)16(20-21-17(22)23-4)12-5-7-13(19)8-6-12/h5-10H,11H2,1-4H3,(H,21,22). The molecule has 0 fully saturated rings. The summed E-state index contributed by atoms with van der Waals surface area (Å²) < 4.78 is 4.81. The summed E-state index contributed by atoms with van der Waals surface area (Å²) in [4.78, 5) is 13.6. The summed E-state index contributed by atoms with van der Waals surface area (Å²) in [5.41, 5.74) is 3.96. The molecule has 1 amide bonds. The summed E-state index contributed by atoms with van der Waals surface area (Å²) in [7, 11) is 1.31. The molecule has 0 aliphatic carbocycles. The average molecular weight is 397 g/mol. The van der Waals surface area contributed by atoms with Gasteiger partial charge in [0.05, 0.1) is 12.0 Å². The number of hydrogen-bond donors (Lipinski definition) is 1. The van der Waals surface area contributed by atoms with Gasteiger partial charge in [0.25, 0.3) is 0 Å². The van der Waals surface area contributed by atoms with Crippen molar-refractivity contribution in [3.05, 3.63) is 56.7 Å². The normalized spacial score (nSPS) is 12.1. The Morgan fingerprint density at radius 2 is 1.92 bits per heavy atom. The fourth-order valence-corrected chi connectivity index (χ4v) is 3.91. The molecule has 2 rings (SSSR count). The van der Waals surface area contributed by atoms with Crippen LogP contribution in [0.1, 0.15) is 36.1 Å². The van der Waals surface area contributed by atoms with Gasteiger partial charge in [-0.05, 0) is 24.3 Å². The highest BCUT2D eigenvalue weighted by molar-refractivity contribution is 7.99. The minimum Gasteiger partial charge on any atom is -0.452 e. The Bertz CT molecular complexity index is 749. The number of amides is 1. The van der Waals surface area contributed by atoms with E-state index in [-0.39, 0.29) is 4.75 Å². The summed E-state index contributed by atoms with van der Waals surface area (Å²) >= 11 is 9.53. The lowest BCUT2D eigenvalue weighted by atomic mass is 10.1. The van der Waals surface area contributed by atoms with Crippen LogP contribution in [-0.2, 0) is 10.5 Å². The summed E-state index contributed by atoms with van der Waals surface area (Å²) in [6.07, 6.45) is -0.605.